The van der Waals surface area contributed by atoms with E-state index in [0.717, 1.165) is 46.3 Å². The molecule has 9 heteroatoms. The first-order valence-corrected chi connectivity index (χ1v) is 12.0. The lowest BCUT2D eigenvalue weighted by Gasteiger charge is -2.18. The third-order valence-corrected chi connectivity index (χ3v) is 6.97. The standard InChI is InChI=1S/C21H19ClN6S2/c22-15-6-5-7-17(12-15)28-20(27-10-3-4-11-27)25-26-21(28)30-14-16-13-29-19(24-16)18-8-1-2-9-23-18/h1-2,5-9,12-13H,3-4,10-11,14H2. The first kappa shape index (κ1) is 19.5. The van der Waals surface area contributed by atoms with E-state index in [1.54, 1.807) is 29.3 Å². The van der Waals surface area contributed by atoms with Crippen LogP contribution in [0.15, 0.2) is 59.2 Å². The predicted octanol–water partition coefficient (Wildman–Crippen LogP) is 5.33. The normalized spacial score (nSPS) is 13.8. The number of anilines is 1. The van der Waals surface area contributed by atoms with Gasteiger partial charge < -0.3 is 4.90 Å². The van der Waals surface area contributed by atoms with E-state index >= 15 is 0 Å². The molecule has 0 amide bonds. The molecule has 1 aliphatic heterocycles. The molecule has 1 fully saturated rings. The van der Waals surface area contributed by atoms with E-state index in [-0.39, 0.29) is 0 Å². The van der Waals surface area contributed by atoms with Gasteiger partial charge in [-0.2, -0.15) is 0 Å². The Balaban J connectivity index is 1.41. The number of thioether (sulfide) groups is 1. The number of thiazole rings is 1. The smallest absolute Gasteiger partial charge is 0.232 e. The van der Waals surface area contributed by atoms with Gasteiger partial charge in [0.2, 0.25) is 5.95 Å². The minimum Gasteiger partial charge on any atom is -0.341 e. The van der Waals surface area contributed by atoms with Crippen LogP contribution in [0.4, 0.5) is 5.95 Å². The van der Waals surface area contributed by atoms with Gasteiger partial charge in [0, 0.05) is 35.4 Å². The Hall–Kier alpha value is -2.42. The molecule has 4 heterocycles. The number of hydrogen-bond donors (Lipinski definition) is 0. The lowest BCUT2D eigenvalue weighted by atomic mass is 10.3. The minimum absolute atomic E-state index is 0.698. The van der Waals surface area contributed by atoms with Crippen molar-refractivity contribution in [3.8, 4) is 16.4 Å². The Morgan fingerprint density at radius 3 is 2.77 bits per heavy atom. The maximum Gasteiger partial charge on any atom is 0.232 e. The van der Waals surface area contributed by atoms with E-state index in [2.05, 4.69) is 30.0 Å². The molecule has 0 spiro atoms. The Morgan fingerprint density at radius 2 is 1.97 bits per heavy atom. The first-order chi connectivity index (χ1) is 14.8. The van der Waals surface area contributed by atoms with Crippen LogP contribution in [-0.2, 0) is 5.75 Å². The topological polar surface area (TPSA) is 59.7 Å². The Bertz CT molecular complexity index is 1140. The molecular formula is C21H19ClN6S2. The van der Waals surface area contributed by atoms with Gasteiger partial charge in [-0.1, -0.05) is 35.5 Å². The second-order valence-electron chi connectivity index (χ2n) is 6.94. The molecule has 5 rings (SSSR count). The Morgan fingerprint density at radius 1 is 1.07 bits per heavy atom. The zero-order valence-corrected chi connectivity index (χ0v) is 18.5. The van der Waals surface area contributed by atoms with Crippen LogP contribution >= 0.6 is 34.7 Å². The van der Waals surface area contributed by atoms with Gasteiger partial charge in [0.1, 0.15) is 5.01 Å². The fourth-order valence-electron chi connectivity index (χ4n) is 3.44. The highest BCUT2D eigenvalue weighted by Crippen LogP contribution is 2.32. The molecule has 1 aromatic carbocycles. The number of aromatic nitrogens is 5. The summed E-state index contributed by atoms with van der Waals surface area (Å²) in [6, 6.07) is 13.7. The fraction of sp³-hybridized carbons (Fsp3) is 0.238. The molecule has 0 aliphatic carbocycles. The third-order valence-electron chi connectivity index (χ3n) is 4.86. The summed E-state index contributed by atoms with van der Waals surface area (Å²) < 4.78 is 2.11. The number of halogens is 1. The van der Waals surface area contributed by atoms with Gasteiger partial charge in [0.25, 0.3) is 0 Å². The molecule has 152 valence electrons. The highest BCUT2D eigenvalue weighted by atomic mass is 35.5. The number of rotatable bonds is 6. The van der Waals surface area contributed by atoms with Gasteiger partial charge in [-0.15, -0.1) is 21.5 Å². The summed E-state index contributed by atoms with van der Waals surface area (Å²) in [7, 11) is 0. The number of benzene rings is 1. The van der Waals surface area contributed by atoms with E-state index in [4.69, 9.17) is 16.6 Å². The van der Waals surface area contributed by atoms with Crippen LogP contribution in [0.3, 0.4) is 0 Å². The van der Waals surface area contributed by atoms with Crippen molar-refractivity contribution in [1.82, 2.24) is 24.7 Å². The van der Waals surface area contributed by atoms with Crippen LogP contribution in [0.25, 0.3) is 16.4 Å². The van der Waals surface area contributed by atoms with Gasteiger partial charge >= 0.3 is 0 Å². The van der Waals surface area contributed by atoms with Crippen LogP contribution in [-0.4, -0.2) is 37.8 Å². The van der Waals surface area contributed by atoms with Crippen molar-refractivity contribution in [2.75, 3.05) is 18.0 Å². The van der Waals surface area contributed by atoms with Crippen molar-refractivity contribution in [3.05, 3.63) is 64.8 Å². The summed E-state index contributed by atoms with van der Waals surface area (Å²) >= 11 is 9.51. The lowest BCUT2D eigenvalue weighted by molar-refractivity contribution is 0.841. The monoisotopic (exact) mass is 454 g/mol. The fourth-order valence-corrected chi connectivity index (χ4v) is 5.36. The zero-order chi connectivity index (χ0) is 20.3. The third kappa shape index (κ3) is 4.08. The van der Waals surface area contributed by atoms with Crippen molar-refractivity contribution in [2.24, 2.45) is 0 Å². The molecule has 1 aliphatic rings. The van der Waals surface area contributed by atoms with E-state index in [9.17, 15) is 0 Å². The zero-order valence-electron chi connectivity index (χ0n) is 16.1. The van der Waals surface area contributed by atoms with Crippen LogP contribution < -0.4 is 4.90 Å². The number of pyridine rings is 1. The number of nitrogens with zero attached hydrogens (tertiary/aromatic N) is 6. The molecule has 0 radical (unpaired) electrons. The van der Waals surface area contributed by atoms with E-state index < -0.39 is 0 Å². The average Bonchev–Trinajstić information content (AvgIpc) is 3.53. The number of hydrogen-bond acceptors (Lipinski definition) is 7. The molecule has 0 saturated carbocycles. The maximum atomic E-state index is 6.27. The highest BCUT2D eigenvalue weighted by Gasteiger charge is 2.22. The van der Waals surface area contributed by atoms with Crippen LogP contribution in [0.1, 0.15) is 18.5 Å². The first-order valence-electron chi connectivity index (χ1n) is 9.73. The van der Waals surface area contributed by atoms with Crippen LogP contribution in [0, 0.1) is 0 Å². The lowest BCUT2D eigenvalue weighted by Crippen LogP contribution is -2.22. The SMILES string of the molecule is Clc1cccc(-n2c(SCc3csc(-c4ccccn4)n3)nnc2N2CCCC2)c1. The van der Waals surface area contributed by atoms with E-state index in [1.807, 2.05) is 42.5 Å². The summed E-state index contributed by atoms with van der Waals surface area (Å²) in [4.78, 5) is 11.4. The van der Waals surface area contributed by atoms with Gasteiger partial charge in [0.05, 0.1) is 17.1 Å². The van der Waals surface area contributed by atoms with Gasteiger partial charge in [0.15, 0.2) is 5.16 Å². The summed E-state index contributed by atoms with van der Waals surface area (Å²) in [5.74, 6) is 1.59. The van der Waals surface area contributed by atoms with Crippen molar-refractivity contribution in [1.29, 1.82) is 0 Å². The van der Waals surface area contributed by atoms with Gasteiger partial charge in [-0.25, -0.2) is 4.98 Å². The summed E-state index contributed by atoms with van der Waals surface area (Å²) in [6.07, 6.45) is 4.15. The van der Waals surface area contributed by atoms with Gasteiger partial charge in [-0.05, 0) is 43.2 Å². The van der Waals surface area contributed by atoms with E-state index in [1.165, 1.54) is 12.8 Å². The summed E-state index contributed by atoms with van der Waals surface area (Å²) in [5, 5.41) is 13.6. The minimum atomic E-state index is 0.698. The summed E-state index contributed by atoms with van der Waals surface area (Å²) in [5.41, 5.74) is 2.88. The molecule has 4 aromatic rings. The highest BCUT2D eigenvalue weighted by molar-refractivity contribution is 7.98. The Labute approximate surface area is 188 Å². The van der Waals surface area contributed by atoms with Crippen LogP contribution in [0.2, 0.25) is 5.02 Å². The molecule has 3 aromatic heterocycles. The van der Waals surface area contributed by atoms with Crippen molar-refractivity contribution < 1.29 is 0 Å². The van der Waals surface area contributed by atoms with Crippen molar-refractivity contribution in [3.63, 3.8) is 0 Å². The molecule has 0 atom stereocenters. The molecule has 0 unspecified atom stereocenters. The molecule has 30 heavy (non-hydrogen) atoms. The van der Waals surface area contributed by atoms with E-state index in [0.29, 0.717) is 10.8 Å². The largest absolute Gasteiger partial charge is 0.341 e. The molecule has 0 N–H and O–H groups in total. The molecular weight excluding hydrogens is 436 g/mol. The molecule has 6 nitrogen and oxygen atoms in total. The molecule has 1 saturated heterocycles. The maximum absolute atomic E-state index is 6.27. The predicted molar refractivity (Wildman–Crippen MR) is 123 cm³/mol. The quantitative estimate of drug-likeness (QED) is 0.367. The molecule has 0 bridgehead atoms. The van der Waals surface area contributed by atoms with Crippen LogP contribution in [0.5, 0.6) is 0 Å². The second-order valence-corrected chi connectivity index (χ2v) is 9.18. The van der Waals surface area contributed by atoms with Gasteiger partial charge in [-0.3, -0.25) is 9.55 Å². The summed E-state index contributed by atoms with van der Waals surface area (Å²) in [6.45, 7) is 2.01. The van der Waals surface area contributed by atoms with Crippen molar-refractivity contribution >= 4 is 40.6 Å². The Kier molecular flexibility index (Phi) is 5.70. The average molecular weight is 455 g/mol. The van der Waals surface area contributed by atoms with Crippen molar-refractivity contribution in [2.45, 2.75) is 23.8 Å². The second kappa shape index (κ2) is 8.75.